The van der Waals surface area contributed by atoms with Crippen LogP contribution in [0.25, 0.3) is 0 Å². The Labute approximate surface area is 185 Å². The van der Waals surface area contributed by atoms with Crippen LogP contribution in [0, 0.1) is 34.5 Å². The maximum Gasteiger partial charge on any atom is 0.223 e. The molecule has 1 aliphatic heterocycles. The van der Waals surface area contributed by atoms with Gasteiger partial charge in [-0.05, 0) is 67.4 Å². The number of nitrogens with one attached hydrogen (secondary N) is 2. The summed E-state index contributed by atoms with van der Waals surface area (Å²) in [4.78, 5) is 29.5. The second-order valence-electron chi connectivity index (χ2n) is 10.7. The number of fused-ring (bicyclic) bond motifs is 5. The van der Waals surface area contributed by atoms with E-state index in [0.29, 0.717) is 30.7 Å². The van der Waals surface area contributed by atoms with Crippen LogP contribution in [-0.4, -0.2) is 29.8 Å². The average molecular weight is 422 g/mol. The van der Waals surface area contributed by atoms with Crippen molar-refractivity contribution in [3.8, 4) is 0 Å². The maximum atomic E-state index is 13.2. The summed E-state index contributed by atoms with van der Waals surface area (Å²) in [5, 5.41) is 6.87. The minimum Gasteiger partial charge on any atom is -0.387 e. The van der Waals surface area contributed by atoms with Gasteiger partial charge in [0.05, 0.1) is 0 Å². The van der Waals surface area contributed by atoms with Crippen molar-refractivity contribution in [1.82, 2.24) is 15.6 Å². The van der Waals surface area contributed by atoms with Gasteiger partial charge in [-0.2, -0.15) is 0 Å². The predicted molar refractivity (Wildman–Crippen MR) is 120 cm³/mol. The van der Waals surface area contributed by atoms with Gasteiger partial charge in [-0.15, -0.1) is 0 Å². The Morgan fingerprint density at radius 1 is 1.19 bits per heavy atom. The lowest BCUT2D eigenvalue weighted by Gasteiger charge is -2.58. The molecule has 31 heavy (non-hydrogen) atoms. The summed E-state index contributed by atoms with van der Waals surface area (Å²) >= 11 is 0. The van der Waals surface area contributed by atoms with Crippen LogP contribution in [-0.2, 0) is 16.0 Å². The second kappa shape index (κ2) is 7.75. The fourth-order valence-corrected chi connectivity index (χ4v) is 7.56. The molecular formula is C26H35N3O2. The van der Waals surface area contributed by atoms with Crippen molar-refractivity contribution in [2.75, 3.05) is 13.1 Å². The van der Waals surface area contributed by atoms with E-state index in [1.807, 2.05) is 24.3 Å². The SMILES string of the molecule is C[C@]12CCC(=O)C=C1NC[C@@H]1[C@H]2CC[C@]2(C)C(C(=O)NCCc3ccccn3)CC[C@@H]12. The number of carbonyl (C=O) groups excluding carboxylic acids is 2. The fraction of sp³-hybridized carbons (Fsp3) is 0.654. The molecule has 1 amide bonds. The summed E-state index contributed by atoms with van der Waals surface area (Å²) < 4.78 is 0. The lowest BCUT2D eigenvalue weighted by Crippen LogP contribution is -2.57. The smallest absolute Gasteiger partial charge is 0.223 e. The zero-order valence-corrected chi connectivity index (χ0v) is 18.8. The van der Waals surface area contributed by atoms with Crippen LogP contribution in [0.5, 0.6) is 0 Å². The minimum absolute atomic E-state index is 0.0833. The molecule has 5 nitrogen and oxygen atoms in total. The van der Waals surface area contributed by atoms with Crippen molar-refractivity contribution in [1.29, 1.82) is 0 Å². The van der Waals surface area contributed by atoms with E-state index < -0.39 is 0 Å². The van der Waals surface area contributed by atoms with Gasteiger partial charge < -0.3 is 10.6 Å². The molecule has 1 unspecified atom stereocenters. The van der Waals surface area contributed by atoms with Gasteiger partial charge in [-0.25, -0.2) is 0 Å². The van der Waals surface area contributed by atoms with Crippen LogP contribution in [0.15, 0.2) is 36.2 Å². The number of nitrogens with zero attached hydrogens (tertiary/aromatic N) is 1. The molecule has 1 saturated heterocycles. The largest absolute Gasteiger partial charge is 0.387 e. The van der Waals surface area contributed by atoms with Crippen LogP contribution < -0.4 is 10.6 Å². The van der Waals surface area contributed by atoms with Gasteiger partial charge in [-0.3, -0.25) is 14.6 Å². The number of carbonyl (C=O) groups is 2. The number of hydrogen-bond donors (Lipinski definition) is 2. The Balaban J connectivity index is 1.27. The number of amides is 1. The normalized spacial score (nSPS) is 38.9. The van der Waals surface area contributed by atoms with Crippen LogP contribution in [0.2, 0.25) is 0 Å². The molecule has 0 spiro atoms. The predicted octanol–water partition coefficient (Wildman–Crippen LogP) is 3.66. The Kier molecular flexibility index (Phi) is 5.18. The van der Waals surface area contributed by atoms with Crippen LogP contribution in [0.4, 0.5) is 0 Å². The van der Waals surface area contributed by atoms with E-state index in [9.17, 15) is 9.59 Å². The quantitative estimate of drug-likeness (QED) is 0.778. The van der Waals surface area contributed by atoms with Crippen molar-refractivity contribution in [2.24, 2.45) is 34.5 Å². The molecule has 2 heterocycles. The summed E-state index contributed by atoms with van der Waals surface area (Å²) in [6, 6.07) is 5.92. The summed E-state index contributed by atoms with van der Waals surface area (Å²) in [6.07, 6.45) is 10.5. The first kappa shape index (κ1) is 20.7. The van der Waals surface area contributed by atoms with Gasteiger partial charge >= 0.3 is 0 Å². The van der Waals surface area contributed by atoms with Crippen molar-refractivity contribution in [2.45, 2.75) is 58.8 Å². The van der Waals surface area contributed by atoms with E-state index in [2.05, 4.69) is 29.5 Å². The third-order valence-corrected chi connectivity index (χ3v) is 9.32. The lowest BCUT2D eigenvalue weighted by atomic mass is 9.50. The summed E-state index contributed by atoms with van der Waals surface area (Å²) in [7, 11) is 0. The van der Waals surface area contributed by atoms with Crippen molar-refractivity contribution in [3.05, 3.63) is 41.9 Å². The third-order valence-electron chi connectivity index (χ3n) is 9.32. The van der Waals surface area contributed by atoms with Gasteiger partial charge in [0, 0.05) is 60.9 Å². The number of pyridine rings is 1. The fourth-order valence-electron chi connectivity index (χ4n) is 7.56. The molecule has 5 rings (SSSR count). The highest BCUT2D eigenvalue weighted by Crippen LogP contribution is 2.64. The van der Waals surface area contributed by atoms with Crippen LogP contribution in [0.3, 0.4) is 0 Å². The molecule has 2 saturated carbocycles. The van der Waals surface area contributed by atoms with Gasteiger partial charge in [0.15, 0.2) is 5.78 Å². The van der Waals surface area contributed by atoms with Crippen LogP contribution >= 0.6 is 0 Å². The first-order valence-electron chi connectivity index (χ1n) is 12.1. The average Bonchev–Trinajstić information content (AvgIpc) is 3.12. The highest BCUT2D eigenvalue weighted by Gasteiger charge is 2.60. The third kappa shape index (κ3) is 3.41. The molecule has 1 aromatic rings. The van der Waals surface area contributed by atoms with Crippen LogP contribution in [0.1, 0.15) is 58.1 Å². The molecule has 0 radical (unpaired) electrons. The molecule has 2 N–H and O–H groups in total. The standard InChI is InChI=1S/C26H35N3O2/c1-25-12-9-21-19(16-29-23-15-18(30)8-11-26(21,23)2)20(25)6-7-22(25)24(31)28-14-10-17-5-3-4-13-27-17/h3-5,13,15,19-22,29H,6-12,14,16H2,1-2H3,(H,28,31)/t19-,20-,21+,22?,25-,26+/m0/s1. The van der Waals surface area contributed by atoms with E-state index >= 15 is 0 Å². The number of ketones is 1. The topological polar surface area (TPSA) is 71.1 Å². The first-order valence-corrected chi connectivity index (χ1v) is 12.1. The second-order valence-corrected chi connectivity index (χ2v) is 10.7. The number of rotatable bonds is 4. The monoisotopic (exact) mass is 421 g/mol. The van der Waals surface area contributed by atoms with Gasteiger partial charge in [-0.1, -0.05) is 19.9 Å². The van der Waals surface area contributed by atoms with E-state index in [1.54, 1.807) is 6.20 Å². The van der Waals surface area contributed by atoms with E-state index in [4.69, 9.17) is 0 Å². The summed E-state index contributed by atoms with van der Waals surface area (Å²) in [5.74, 6) is 2.42. The molecule has 3 fully saturated rings. The van der Waals surface area contributed by atoms with Crippen molar-refractivity contribution < 1.29 is 9.59 Å². The molecule has 1 aromatic heterocycles. The van der Waals surface area contributed by atoms with Gasteiger partial charge in [0.25, 0.3) is 0 Å². The van der Waals surface area contributed by atoms with E-state index in [0.717, 1.165) is 44.3 Å². The van der Waals surface area contributed by atoms with Crippen molar-refractivity contribution in [3.63, 3.8) is 0 Å². The Bertz CT molecular complexity index is 897. The molecular weight excluding hydrogens is 386 g/mol. The number of allylic oxidation sites excluding steroid dienone is 2. The minimum atomic E-state index is 0.0833. The van der Waals surface area contributed by atoms with E-state index in [-0.39, 0.29) is 28.4 Å². The Morgan fingerprint density at radius 2 is 2.06 bits per heavy atom. The first-order chi connectivity index (χ1) is 14.9. The molecule has 6 atom stereocenters. The molecule has 0 aromatic carbocycles. The lowest BCUT2D eigenvalue weighted by molar-refractivity contribution is -0.132. The Hall–Kier alpha value is -2.17. The van der Waals surface area contributed by atoms with Gasteiger partial charge in [0.2, 0.25) is 5.91 Å². The molecule has 3 aliphatic carbocycles. The van der Waals surface area contributed by atoms with Gasteiger partial charge in [0.1, 0.15) is 0 Å². The van der Waals surface area contributed by atoms with E-state index in [1.165, 1.54) is 12.1 Å². The maximum absolute atomic E-state index is 13.2. The highest BCUT2D eigenvalue weighted by molar-refractivity contribution is 5.91. The summed E-state index contributed by atoms with van der Waals surface area (Å²) in [5.41, 5.74) is 2.38. The van der Waals surface area contributed by atoms with Crippen molar-refractivity contribution >= 4 is 11.7 Å². The molecule has 166 valence electrons. The zero-order valence-electron chi connectivity index (χ0n) is 18.8. The Morgan fingerprint density at radius 3 is 2.87 bits per heavy atom. The molecule has 5 heteroatoms. The molecule has 0 bridgehead atoms. The number of hydrogen-bond acceptors (Lipinski definition) is 4. The molecule has 4 aliphatic rings. The number of piperidine rings is 1. The highest BCUT2D eigenvalue weighted by atomic mass is 16.2. The summed E-state index contributed by atoms with van der Waals surface area (Å²) in [6.45, 7) is 6.35. The number of aromatic nitrogens is 1. The zero-order chi connectivity index (χ0) is 21.6.